The molecule has 13 aromatic carbocycles. The molecule has 310 valence electrons. The van der Waals surface area contributed by atoms with E-state index in [9.17, 15) is 0 Å². The zero-order valence-electron chi connectivity index (χ0n) is 36.8. The van der Waals surface area contributed by atoms with Crippen LogP contribution in [0.15, 0.2) is 231 Å². The molecule has 0 aliphatic carbocycles. The van der Waals surface area contributed by atoms with E-state index in [1.807, 2.05) is 0 Å². The van der Waals surface area contributed by atoms with Crippen molar-refractivity contribution in [3.05, 3.63) is 242 Å². The Balaban J connectivity index is 1.20. The van der Waals surface area contributed by atoms with E-state index in [-0.39, 0.29) is 0 Å². The topological polar surface area (TPSA) is 6.48 Å². The van der Waals surface area contributed by atoms with E-state index < -0.39 is 0 Å². The molecule has 2 nitrogen and oxygen atoms in total. The fourth-order valence-electron chi connectivity index (χ4n) is 11.0. The number of rotatable bonds is 8. The van der Waals surface area contributed by atoms with Crippen LogP contribution in [0.5, 0.6) is 0 Å². The average Bonchev–Trinajstić information content (AvgIpc) is 3.89. The molecule has 0 aromatic heterocycles. The maximum atomic E-state index is 2.42. The van der Waals surface area contributed by atoms with Gasteiger partial charge in [0.2, 0.25) is 0 Å². The van der Waals surface area contributed by atoms with Gasteiger partial charge >= 0.3 is 0 Å². The Labute approximate surface area is 384 Å². The molecule has 0 aliphatic heterocycles. The monoisotopic (exact) mass is 840 g/mol. The number of hydrogen-bond donors (Lipinski definition) is 0. The molecule has 0 unspecified atom stereocenters. The van der Waals surface area contributed by atoms with E-state index in [0.717, 1.165) is 34.1 Å². The van der Waals surface area contributed by atoms with Crippen LogP contribution in [0, 0.1) is 13.8 Å². The van der Waals surface area contributed by atoms with Crippen LogP contribution in [-0.4, -0.2) is 0 Å². The summed E-state index contributed by atoms with van der Waals surface area (Å²) in [5.41, 5.74) is 14.3. The van der Waals surface area contributed by atoms with Crippen LogP contribution in [-0.2, 0) is 0 Å². The lowest BCUT2D eigenvalue weighted by Crippen LogP contribution is -2.10. The number of fused-ring (bicyclic) bond motifs is 6. The fourth-order valence-corrected chi connectivity index (χ4v) is 11.0. The SMILES string of the molecule is Cc1ccc(N(c2ccccc2)c2ccc3c4c(-c5ccccc5)c5c6ccc(N(c7ccccc7)c7ccc(C)cc7)c7cccc(c5c(-c5ccccc5)c4c4cccc2c43)c76)cc1. The molecule has 0 bridgehead atoms. The highest BCUT2D eigenvalue weighted by atomic mass is 15.1. The predicted octanol–water partition coefficient (Wildman–Crippen LogP) is 18.4. The lowest BCUT2D eigenvalue weighted by atomic mass is 9.87. The Morgan fingerprint density at radius 3 is 0.894 bits per heavy atom. The third-order valence-corrected chi connectivity index (χ3v) is 13.8. The van der Waals surface area contributed by atoms with Gasteiger partial charge in [0.15, 0.2) is 0 Å². The van der Waals surface area contributed by atoms with Crippen LogP contribution < -0.4 is 9.80 Å². The standard InChI is InChI=1S/C64H44N2/c1-41-29-33-47(34-30-41)65(45-21-11-5-12-22-45)55-39-37-53-59-49(55)25-15-27-51(59)61-57(43-17-7-3-8-18-43)62-52-28-16-26-50-56(66(46-23-13-6-14-24-46)48-35-31-42(2)32-36-48)40-38-54(60(50)52)64(62)58(63(53)61)44-19-9-4-10-20-44/h3-40H,1-2H3. The largest absolute Gasteiger partial charge is 0.310 e. The Hall–Kier alpha value is -8.46. The smallest absolute Gasteiger partial charge is 0.0540 e. The molecule has 13 rings (SSSR count). The summed E-state index contributed by atoms with van der Waals surface area (Å²) < 4.78 is 0. The maximum absolute atomic E-state index is 2.42. The summed E-state index contributed by atoms with van der Waals surface area (Å²) in [5.74, 6) is 0. The van der Waals surface area contributed by atoms with Crippen molar-refractivity contribution in [2.45, 2.75) is 13.8 Å². The molecular formula is C64H44N2. The molecular weight excluding hydrogens is 797 g/mol. The maximum Gasteiger partial charge on any atom is 0.0540 e. The van der Waals surface area contributed by atoms with Gasteiger partial charge < -0.3 is 9.80 Å². The third kappa shape index (κ3) is 5.75. The van der Waals surface area contributed by atoms with Crippen molar-refractivity contribution < 1.29 is 0 Å². The molecule has 0 saturated carbocycles. The summed E-state index contributed by atoms with van der Waals surface area (Å²) in [6.45, 7) is 4.31. The molecule has 0 atom stereocenters. The Kier molecular flexibility index (Phi) is 8.69. The minimum atomic E-state index is 1.13. The zero-order valence-corrected chi connectivity index (χ0v) is 36.8. The molecule has 0 amide bonds. The molecule has 13 aromatic rings. The molecule has 0 spiro atoms. The third-order valence-electron chi connectivity index (χ3n) is 13.8. The van der Waals surface area contributed by atoms with E-state index in [1.165, 1.54) is 98.0 Å². The molecule has 0 aliphatic rings. The summed E-state index contributed by atoms with van der Waals surface area (Å²) in [5, 5.41) is 15.3. The lowest BCUT2D eigenvalue weighted by Gasteiger charge is -2.27. The number of aryl methyl sites for hydroxylation is 2. The van der Waals surface area contributed by atoms with Gasteiger partial charge in [0, 0.05) is 33.5 Å². The van der Waals surface area contributed by atoms with E-state index in [4.69, 9.17) is 0 Å². The Morgan fingerprint density at radius 1 is 0.227 bits per heavy atom. The van der Waals surface area contributed by atoms with Crippen LogP contribution in [0.3, 0.4) is 0 Å². The second-order valence-electron chi connectivity index (χ2n) is 17.7. The summed E-state index contributed by atoms with van der Waals surface area (Å²) >= 11 is 0. The summed E-state index contributed by atoms with van der Waals surface area (Å²) in [6, 6.07) is 85.2. The van der Waals surface area contributed by atoms with Crippen LogP contribution in [0.1, 0.15) is 11.1 Å². The zero-order chi connectivity index (χ0) is 43.9. The van der Waals surface area contributed by atoms with Crippen molar-refractivity contribution in [1.29, 1.82) is 0 Å². The summed E-state index contributed by atoms with van der Waals surface area (Å²) in [6.07, 6.45) is 0. The summed E-state index contributed by atoms with van der Waals surface area (Å²) in [4.78, 5) is 4.84. The van der Waals surface area contributed by atoms with Crippen molar-refractivity contribution in [3.63, 3.8) is 0 Å². The highest BCUT2D eigenvalue weighted by Crippen LogP contribution is 2.57. The first kappa shape index (κ1) is 38.0. The van der Waals surface area contributed by atoms with Gasteiger partial charge in [-0.2, -0.15) is 0 Å². The van der Waals surface area contributed by atoms with E-state index in [1.54, 1.807) is 0 Å². The van der Waals surface area contributed by atoms with E-state index in [2.05, 4.69) is 254 Å². The molecule has 2 heteroatoms. The van der Waals surface area contributed by atoms with Gasteiger partial charge in [-0.1, -0.05) is 181 Å². The number of anilines is 6. The van der Waals surface area contributed by atoms with Crippen molar-refractivity contribution in [2.75, 3.05) is 9.80 Å². The molecule has 0 radical (unpaired) electrons. The lowest BCUT2D eigenvalue weighted by molar-refractivity contribution is 1.29. The fraction of sp³-hybridized carbons (Fsp3) is 0.0312. The number of para-hydroxylation sites is 2. The average molecular weight is 841 g/mol. The normalized spacial score (nSPS) is 11.8. The van der Waals surface area contributed by atoms with Gasteiger partial charge in [-0.25, -0.2) is 0 Å². The highest BCUT2D eigenvalue weighted by molar-refractivity contribution is 6.47. The Bertz CT molecular complexity index is 3580. The summed E-state index contributed by atoms with van der Waals surface area (Å²) in [7, 11) is 0. The second kappa shape index (κ2) is 15.1. The van der Waals surface area contributed by atoms with E-state index in [0.29, 0.717) is 0 Å². The minimum Gasteiger partial charge on any atom is -0.310 e. The van der Waals surface area contributed by atoms with Crippen LogP contribution >= 0.6 is 0 Å². The van der Waals surface area contributed by atoms with Crippen LogP contribution in [0.25, 0.3) is 86.9 Å². The second-order valence-corrected chi connectivity index (χ2v) is 17.7. The van der Waals surface area contributed by atoms with Crippen molar-refractivity contribution in [3.8, 4) is 22.3 Å². The molecule has 0 fully saturated rings. The Morgan fingerprint density at radius 2 is 0.530 bits per heavy atom. The quantitative estimate of drug-likeness (QED) is 0.150. The highest BCUT2D eigenvalue weighted by Gasteiger charge is 2.29. The van der Waals surface area contributed by atoms with Crippen molar-refractivity contribution in [2.24, 2.45) is 0 Å². The van der Waals surface area contributed by atoms with Crippen molar-refractivity contribution in [1.82, 2.24) is 0 Å². The van der Waals surface area contributed by atoms with Crippen molar-refractivity contribution >= 4 is 98.8 Å². The van der Waals surface area contributed by atoms with E-state index >= 15 is 0 Å². The minimum absolute atomic E-state index is 1.13. The first-order valence-electron chi connectivity index (χ1n) is 22.9. The van der Waals surface area contributed by atoms with Crippen LogP contribution in [0.2, 0.25) is 0 Å². The molecule has 66 heavy (non-hydrogen) atoms. The first-order valence-corrected chi connectivity index (χ1v) is 22.9. The van der Waals surface area contributed by atoms with Gasteiger partial charge in [0.05, 0.1) is 11.4 Å². The van der Waals surface area contributed by atoms with Crippen LogP contribution in [0.4, 0.5) is 34.1 Å². The molecule has 0 heterocycles. The number of nitrogens with zero attached hydrogens (tertiary/aromatic N) is 2. The first-order chi connectivity index (χ1) is 32.6. The predicted molar refractivity (Wildman–Crippen MR) is 284 cm³/mol. The molecule has 0 saturated heterocycles. The van der Waals surface area contributed by atoms with Gasteiger partial charge in [0.1, 0.15) is 0 Å². The van der Waals surface area contributed by atoms with Gasteiger partial charge in [-0.15, -0.1) is 0 Å². The van der Waals surface area contributed by atoms with Gasteiger partial charge in [0.25, 0.3) is 0 Å². The molecule has 0 N–H and O–H groups in total. The van der Waals surface area contributed by atoms with Gasteiger partial charge in [-0.05, 0) is 151 Å². The number of benzene rings is 11. The number of hydrogen-bond acceptors (Lipinski definition) is 2. The van der Waals surface area contributed by atoms with Gasteiger partial charge in [-0.3, -0.25) is 0 Å².